The molecule has 6 heteroatoms. The number of aromatic nitrogens is 1. The maximum atomic E-state index is 11.8. The molecule has 0 aromatic carbocycles. The highest BCUT2D eigenvalue weighted by Crippen LogP contribution is 2.24. The highest BCUT2D eigenvalue weighted by molar-refractivity contribution is 7.17. The molecule has 1 rings (SSSR count). The molecule has 0 saturated heterocycles. The predicted octanol–water partition coefficient (Wildman–Crippen LogP) is 2.86. The SMILES string of the molecule is Cc1nc(NC(=O)C(C)C)sc1C(=O)OCC(C)C. The van der Waals surface area contributed by atoms with Gasteiger partial charge in [0.1, 0.15) is 4.88 Å². The van der Waals surface area contributed by atoms with E-state index in [9.17, 15) is 9.59 Å². The minimum Gasteiger partial charge on any atom is -0.461 e. The molecule has 0 spiro atoms. The van der Waals surface area contributed by atoms with Crippen molar-refractivity contribution in [3.63, 3.8) is 0 Å². The van der Waals surface area contributed by atoms with Crippen LogP contribution in [0.3, 0.4) is 0 Å². The molecule has 0 fully saturated rings. The number of carbonyl (C=O) groups excluding carboxylic acids is 2. The quantitative estimate of drug-likeness (QED) is 0.844. The maximum Gasteiger partial charge on any atom is 0.350 e. The zero-order valence-electron chi connectivity index (χ0n) is 11.9. The zero-order chi connectivity index (χ0) is 14.6. The Morgan fingerprint density at radius 2 is 1.95 bits per heavy atom. The molecule has 0 bridgehead atoms. The number of ether oxygens (including phenoxy) is 1. The Balaban J connectivity index is 2.73. The second-order valence-electron chi connectivity index (χ2n) is 5.07. The summed E-state index contributed by atoms with van der Waals surface area (Å²) >= 11 is 1.15. The standard InChI is InChI=1S/C13H20N2O3S/c1-7(2)6-18-12(17)10-9(5)14-13(19-10)15-11(16)8(3)4/h7-8H,6H2,1-5H3,(H,14,15,16). The Morgan fingerprint density at radius 1 is 1.32 bits per heavy atom. The van der Waals surface area contributed by atoms with Crippen LogP contribution in [0.25, 0.3) is 0 Å². The molecule has 0 radical (unpaired) electrons. The average molecular weight is 284 g/mol. The molecule has 0 saturated carbocycles. The van der Waals surface area contributed by atoms with Gasteiger partial charge in [-0.25, -0.2) is 9.78 Å². The van der Waals surface area contributed by atoms with Crippen LogP contribution >= 0.6 is 11.3 Å². The lowest BCUT2D eigenvalue weighted by molar-refractivity contribution is -0.118. The Morgan fingerprint density at radius 3 is 2.47 bits per heavy atom. The first-order valence-corrected chi connectivity index (χ1v) is 7.08. The van der Waals surface area contributed by atoms with Gasteiger partial charge in [0.2, 0.25) is 5.91 Å². The van der Waals surface area contributed by atoms with Gasteiger partial charge in [-0.15, -0.1) is 0 Å². The van der Waals surface area contributed by atoms with E-state index in [-0.39, 0.29) is 23.7 Å². The van der Waals surface area contributed by atoms with E-state index in [0.29, 0.717) is 22.3 Å². The van der Waals surface area contributed by atoms with Crippen LogP contribution in [0.1, 0.15) is 43.1 Å². The number of rotatable bonds is 5. The molecule has 1 N–H and O–H groups in total. The molecule has 5 nitrogen and oxygen atoms in total. The third kappa shape index (κ3) is 4.63. The zero-order valence-corrected chi connectivity index (χ0v) is 12.8. The largest absolute Gasteiger partial charge is 0.461 e. The molecule has 1 aromatic rings. The molecule has 0 atom stereocenters. The van der Waals surface area contributed by atoms with Crippen molar-refractivity contribution in [2.45, 2.75) is 34.6 Å². The minimum absolute atomic E-state index is 0.115. The van der Waals surface area contributed by atoms with Crippen molar-refractivity contribution in [1.82, 2.24) is 4.98 Å². The number of amides is 1. The van der Waals surface area contributed by atoms with Gasteiger partial charge in [0.05, 0.1) is 12.3 Å². The smallest absolute Gasteiger partial charge is 0.350 e. The lowest BCUT2D eigenvalue weighted by Gasteiger charge is -2.05. The first kappa shape index (κ1) is 15.6. The predicted molar refractivity (Wildman–Crippen MR) is 75.4 cm³/mol. The Kier molecular flexibility index (Phi) is 5.47. The van der Waals surface area contributed by atoms with Gasteiger partial charge in [0.25, 0.3) is 0 Å². The number of carbonyl (C=O) groups is 2. The van der Waals surface area contributed by atoms with Gasteiger partial charge >= 0.3 is 5.97 Å². The number of nitrogens with one attached hydrogen (secondary N) is 1. The molecule has 1 amide bonds. The Hall–Kier alpha value is -1.43. The van der Waals surface area contributed by atoms with Gasteiger partial charge in [-0.2, -0.15) is 0 Å². The molecule has 19 heavy (non-hydrogen) atoms. The van der Waals surface area contributed by atoms with Gasteiger partial charge < -0.3 is 10.1 Å². The highest BCUT2D eigenvalue weighted by Gasteiger charge is 2.18. The lowest BCUT2D eigenvalue weighted by atomic mass is 10.2. The number of anilines is 1. The summed E-state index contributed by atoms with van der Waals surface area (Å²) < 4.78 is 5.15. The number of esters is 1. The van der Waals surface area contributed by atoms with E-state index in [1.54, 1.807) is 20.8 Å². The van der Waals surface area contributed by atoms with E-state index < -0.39 is 0 Å². The van der Waals surface area contributed by atoms with Crippen LogP contribution in [0.2, 0.25) is 0 Å². The van der Waals surface area contributed by atoms with Gasteiger partial charge in [-0.3, -0.25) is 4.79 Å². The number of hydrogen-bond donors (Lipinski definition) is 1. The second kappa shape index (κ2) is 6.65. The first-order chi connectivity index (χ1) is 8.81. The summed E-state index contributed by atoms with van der Waals surface area (Å²) in [6.45, 7) is 9.65. The van der Waals surface area contributed by atoms with Crippen LogP contribution in [-0.2, 0) is 9.53 Å². The van der Waals surface area contributed by atoms with E-state index in [1.807, 2.05) is 13.8 Å². The van der Waals surface area contributed by atoms with Gasteiger partial charge in [0.15, 0.2) is 5.13 Å². The summed E-state index contributed by atoms with van der Waals surface area (Å²) in [5.41, 5.74) is 0.581. The van der Waals surface area contributed by atoms with Crippen molar-refractivity contribution >= 4 is 28.3 Å². The van der Waals surface area contributed by atoms with Crippen LogP contribution in [0.4, 0.5) is 5.13 Å². The third-order valence-corrected chi connectivity index (χ3v) is 3.34. The van der Waals surface area contributed by atoms with E-state index in [1.165, 1.54) is 0 Å². The topological polar surface area (TPSA) is 68.3 Å². The van der Waals surface area contributed by atoms with Crippen LogP contribution < -0.4 is 5.32 Å². The van der Waals surface area contributed by atoms with Crippen molar-refractivity contribution in [1.29, 1.82) is 0 Å². The summed E-state index contributed by atoms with van der Waals surface area (Å²) in [5, 5.41) is 3.12. The van der Waals surface area contributed by atoms with Crippen molar-refractivity contribution in [3.8, 4) is 0 Å². The lowest BCUT2D eigenvalue weighted by Crippen LogP contribution is -2.17. The second-order valence-corrected chi connectivity index (χ2v) is 6.07. The summed E-state index contributed by atoms with van der Waals surface area (Å²) in [6, 6.07) is 0. The Bertz CT molecular complexity index is 466. The van der Waals surface area contributed by atoms with E-state index in [4.69, 9.17) is 4.74 Å². The van der Waals surface area contributed by atoms with E-state index in [2.05, 4.69) is 10.3 Å². The molecule has 106 valence electrons. The molecular weight excluding hydrogens is 264 g/mol. The fourth-order valence-electron chi connectivity index (χ4n) is 1.20. The van der Waals surface area contributed by atoms with Crippen molar-refractivity contribution in [2.24, 2.45) is 11.8 Å². The van der Waals surface area contributed by atoms with Crippen molar-refractivity contribution in [3.05, 3.63) is 10.6 Å². The summed E-state index contributed by atoms with van der Waals surface area (Å²) in [7, 11) is 0. The van der Waals surface area contributed by atoms with Crippen LogP contribution in [0, 0.1) is 18.8 Å². The number of nitrogens with zero attached hydrogens (tertiary/aromatic N) is 1. The highest BCUT2D eigenvalue weighted by atomic mass is 32.1. The van der Waals surface area contributed by atoms with E-state index >= 15 is 0 Å². The summed E-state index contributed by atoms with van der Waals surface area (Å²) in [6.07, 6.45) is 0. The summed E-state index contributed by atoms with van der Waals surface area (Å²) in [4.78, 5) is 28.0. The monoisotopic (exact) mass is 284 g/mol. The van der Waals surface area contributed by atoms with Crippen LogP contribution in [0.15, 0.2) is 0 Å². The van der Waals surface area contributed by atoms with E-state index in [0.717, 1.165) is 11.3 Å². The molecule has 0 aliphatic heterocycles. The third-order valence-electron chi connectivity index (χ3n) is 2.28. The molecular formula is C13H20N2O3S. The molecule has 1 heterocycles. The van der Waals surface area contributed by atoms with Gasteiger partial charge in [-0.1, -0.05) is 39.0 Å². The van der Waals surface area contributed by atoms with Crippen LogP contribution in [-0.4, -0.2) is 23.5 Å². The normalized spacial score (nSPS) is 10.9. The fourth-order valence-corrected chi connectivity index (χ4v) is 2.06. The molecule has 0 aliphatic carbocycles. The summed E-state index contributed by atoms with van der Waals surface area (Å²) in [5.74, 6) is -0.331. The van der Waals surface area contributed by atoms with Crippen molar-refractivity contribution in [2.75, 3.05) is 11.9 Å². The molecule has 0 unspecified atom stereocenters. The van der Waals surface area contributed by atoms with Crippen LogP contribution in [0.5, 0.6) is 0 Å². The maximum absolute atomic E-state index is 11.8. The first-order valence-electron chi connectivity index (χ1n) is 6.26. The van der Waals surface area contributed by atoms with Gasteiger partial charge in [0, 0.05) is 5.92 Å². The number of hydrogen-bond acceptors (Lipinski definition) is 5. The fraction of sp³-hybridized carbons (Fsp3) is 0.615. The average Bonchev–Trinajstić information content (AvgIpc) is 2.67. The number of thiazole rings is 1. The molecule has 1 aromatic heterocycles. The number of aryl methyl sites for hydroxylation is 1. The van der Waals surface area contributed by atoms with Gasteiger partial charge in [-0.05, 0) is 12.8 Å². The molecule has 0 aliphatic rings. The minimum atomic E-state index is -0.381. The van der Waals surface area contributed by atoms with Crippen molar-refractivity contribution < 1.29 is 14.3 Å². The Labute approximate surface area is 117 Å².